The summed E-state index contributed by atoms with van der Waals surface area (Å²) >= 11 is 0. The molecule has 0 radical (unpaired) electrons. The van der Waals surface area contributed by atoms with E-state index in [2.05, 4.69) is 9.88 Å². The maximum atomic E-state index is 10.7. The van der Waals surface area contributed by atoms with Crippen LogP contribution in [0.15, 0.2) is 18.3 Å². The average molecular weight is 236 g/mol. The monoisotopic (exact) mass is 236 g/mol. The van der Waals surface area contributed by atoms with E-state index in [0.717, 1.165) is 25.2 Å². The second-order valence-corrected chi connectivity index (χ2v) is 4.16. The van der Waals surface area contributed by atoms with Crippen LogP contribution in [0.5, 0.6) is 0 Å². The molecular formula is C12H16N2O3. The number of nitrogens with zero attached hydrogens (tertiary/aromatic N) is 2. The summed E-state index contributed by atoms with van der Waals surface area (Å²) in [6, 6.07) is 3.70. The minimum absolute atomic E-state index is 0.219. The largest absolute Gasteiger partial charge is 0.478 e. The first kappa shape index (κ1) is 11.9. The number of methoxy groups -OCH3 is 1. The molecule has 1 aromatic heterocycles. The molecule has 5 nitrogen and oxygen atoms in total. The van der Waals surface area contributed by atoms with Crippen LogP contribution >= 0.6 is 0 Å². The first-order chi connectivity index (χ1) is 8.22. The Kier molecular flexibility index (Phi) is 3.58. The summed E-state index contributed by atoms with van der Waals surface area (Å²) in [5, 5.41) is 8.80. The van der Waals surface area contributed by atoms with Crippen molar-refractivity contribution in [2.75, 3.05) is 25.2 Å². The minimum atomic E-state index is -0.945. The molecule has 17 heavy (non-hydrogen) atoms. The highest BCUT2D eigenvalue weighted by Crippen LogP contribution is 2.23. The van der Waals surface area contributed by atoms with Crippen molar-refractivity contribution < 1.29 is 14.6 Å². The highest BCUT2D eigenvalue weighted by atomic mass is 16.5. The van der Waals surface area contributed by atoms with Crippen LogP contribution in [-0.4, -0.2) is 42.4 Å². The van der Waals surface area contributed by atoms with Crippen molar-refractivity contribution in [2.24, 2.45) is 0 Å². The van der Waals surface area contributed by atoms with Gasteiger partial charge in [0.25, 0.3) is 0 Å². The first-order valence-corrected chi connectivity index (χ1v) is 5.67. The van der Waals surface area contributed by atoms with Crippen LogP contribution in [-0.2, 0) is 4.74 Å². The van der Waals surface area contributed by atoms with Gasteiger partial charge in [-0.1, -0.05) is 0 Å². The number of carboxylic acid groups (broad SMARTS) is 1. The third-order valence-electron chi connectivity index (χ3n) is 3.03. The van der Waals surface area contributed by atoms with Crippen LogP contribution in [0.3, 0.4) is 0 Å². The quantitative estimate of drug-likeness (QED) is 0.856. The van der Waals surface area contributed by atoms with Crippen LogP contribution in [0.25, 0.3) is 0 Å². The van der Waals surface area contributed by atoms with Crippen molar-refractivity contribution in [1.82, 2.24) is 4.98 Å². The molecule has 0 saturated carbocycles. The van der Waals surface area contributed by atoms with Gasteiger partial charge in [-0.3, -0.25) is 0 Å². The summed E-state index contributed by atoms with van der Waals surface area (Å²) in [4.78, 5) is 17.1. The van der Waals surface area contributed by atoms with E-state index in [-0.39, 0.29) is 5.56 Å². The summed E-state index contributed by atoms with van der Waals surface area (Å²) in [6.45, 7) is 1.63. The van der Waals surface area contributed by atoms with Crippen LogP contribution in [0.1, 0.15) is 23.2 Å². The molecule has 1 saturated heterocycles. The maximum Gasteiger partial charge on any atom is 0.337 e. The third-order valence-corrected chi connectivity index (χ3v) is 3.03. The van der Waals surface area contributed by atoms with Crippen molar-refractivity contribution in [1.29, 1.82) is 0 Å². The molecule has 2 heterocycles. The fourth-order valence-corrected chi connectivity index (χ4v) is 2.19. The van der Waals surface area contributed by atoms with Gasteiger partial charge in [-0.05, 0) is 25.0 Å². The van der Waals surface area contributed by atoms with Crippen LogP contribution in [0, 0.1) is 0 Å². The molecule has 0 aromatic carbocycles. The van der Waals surface area contributed by atoms with E-state index in [0.29, 0.717) is 12.6 Å². The Bertz CT molecular complexity index is 391. The van der Waals surface area contributed by atoms with Crippen molar-refractivity contribution in [2.45, 2.75) is 18.9 Å². The summed E-state index contributed by atoms with van der Waals surface area (Å²) in [6.07, 6.45) is 3.62. The van der Waals surface area contributed by atoms with Gasteiger partial charge in [0.15, 0.2) is 0 Å². The Labute approximate surface area is 100 Å². The van der Waals surface area contributed by atoms with E-state index in [9.17, 15) is 4.79 Å². The lowest BCUT2D eigenvalue weighted by atomic mass is 10.2. The smallest absolute Gasteiger partial charge is 0.337 e. The molecule has 1 aliphatic rings. The highest BCUT2D eigenvalue weighted by Gasteiger charge is 2.25. The van der Waals surface area contributed by atoms with Crippen molar-refractivity contribution >= 4 is 11.8 Å². The lowest BCUT2D eigenvalue weighted by Crippen LogP contribution is -2.33. The zero-order chi connectivity index (χ0) is 12.3. The Balaban J connectivity index is 2.13. The second kappa shape index (κ2) is 5.14. The van der Waals surface area contributed by atoms with Gasteiger partial charge in [-0.2, -0.15) is 0 Å². The average Bonchev–Trinajstić information content (AvgIpc) is 2.78. The lowest BCUT2D eigenvalue weighted by Gasteiger charge is -2.25. The first-order valence-electron chi connectivity index (χ1n) is 5.67. The summed E-state index contributed by atoms with van der Waals surface area (Å²) in [5.74, 6) is -0.117. The van der Waals surface area contributed by atoms with Gasteiger partial charge < -0.3 is 14.7 Å². The number of hydrogen-bond donors (Lipinski definition) is 1. The highest BCUT2D eigenvalue weighted by molar-refractivity contribution is 5.87. The van der Waals surface area contributed by atoms with Gasteiger partial charge in [0, 0.05) is 19.9 Å². The predicted octanol–water partition coefficient (Wildman–Crippen LogP) is 1.40. The van der Waals surface area contributed by atoms with E-state index >= 15 is 0 Å². The fraction of sp³-hybridized carbons (Fsp3) is 0.500. The van der Waals surface area contributed by atoms with Crippen molar-refractivity contribution in [3.8, 4) is 0 Å². The molecule has 1 atom stereocenters. The van der Waals surface area contributed by atoms with E-state index in [1.165, 1.54) is 6.20 Å². The van der Waals surface area contributed by atoms with Crippen LogP contribution < -0.4 is 4.90 Å². The zero-order valence-electron chi connectivity index (χ0n) is 9.80. The van der Waals surface area contributed by atoms with Crippen molar-refractivity contribution in [3.05, 3.63) is 23.9 Å². The topological polar surface area (TPSA) is 62.7 Å². The van der Waals surface area contributed by atoms with Gasteiger partial charge in [0.2, 0.25) is 0 Å². The number of carboxylic acids is 1. The maximum absolute atomic E-state index is 10.7. The summed E-state index contributed by atoms with van der Waals surface area (Å²) in [7, 11) is 1.69. The lowest BCUT2D eigenvalue weighted by molar-refractivity contribution is 0.0696. The SMILES string of the molecule is COC[C@H]1CCCN1c1ccc(C(=O)O)cn1. The third kappa shape index (κ3) is 2.55. The van der Waals surface area contributed by atoms with Gasteiger partial charge in [-0.15, -0.1) is 0 Å². The number of pyridine rings is 1. The Morgan fingerprint density at radius 2 is 2.47 bits per heavy atom. The zero-order valence-corrected chi connectivity index (χ0v) is 9.80. The predicted molar refractivity (Wildman–Crippen MR) is 63.4 cm³/mol. The minimum Gasteiger partial charge on any atom is -0.478 e. The summed E-state index contributed by atoms with van der Waals surface area (Å²) in [5.41, 5.74) is 0.219. The Morgan fingerprint density at radius 1 is 1.65 bits per heavy atom. The molecule has 5 heteroatoms. The van der Waals surface area contributed by atoms with Crippen LogP contribution in [0.2, 0.25) is 0 Å². The molecular weight excluding hydrogens is 220 g/mol. The standard InChI is InChI=1S/C12H16N2O3/c1-17-8-10-3-2-6-14(10)11-5-4-9(7-13-11)12(15)16/h4-5,7,10H,2-3,6,8H2,1H3,(H,15,16)/t10-/m1/s1. The molecule has 0 bridgehead atoms. The van der Waals surface area contributed by atoms with Gasteiger partial charge in [0.05, 0.1) is 18.2 Å². The Morgan fingerprint density at radius 3 is 3.06 bits per heavy atom. The summed E-state index contributed by atoms with van der Waals surface area (Å²) < 4.78 is 5.18. The van der Waals surface area contributed by atoms with Gasteiger partial charge in [-0.25, -0.2) is 9.78 Å². The second-order valence-electron chi connectivity index (χ2n) is 4.16. The number of ether oxygens (including phenoxy) is 1. The Hall–Kier alpha value is -1.62. The molecule has 1 N–H and O–H groups in total. The fourth-order valence-electron chi connectivity index (χ4n) is 2.19. The molecule has 1 aliphatic heterocycles. The number of rotatable bonds is 4. The number of aromatic carboxylic acids is 1. The van der Waals surface area contributed by atoms with Crippen LogP contribution in [0.4, 0.5) is 5.82 Å². The molecule has 0 unspecified atom stereocenters. The molecule has 0 aliphatic carbocycles. The number of hydrogen-bond acceptors (Lipinski definition) is 4. The van der Waals surface area contributed by atoms with Gasteiger partial charge in [0.1, 0.15) is 5.82 Å². The molecule has 1 aromatic rings. The van der Waals surface area contributed by atoms with E-state index in [1.54, 1.807) is 19.2 Å². The molecule has 92 valence electrons. The molecule has 0 spiro atoms. The number of anilines is 1. The number of carbonyl (C=O) groups is 1. The van der Waals surface area contributed by atoms with Gasteiger partial charge >= 0.3 is 5.97 Å². The number of aromatic nitrogens is 1. The molecule has 0 amide bonds. The van der Waals surface area contributed by atoms with E-state index in [1.807, 2.05) is 0 Å². The van der Waals surface area contributed by atoms with Crippen molar-refractivity contribution in [3.63, 3.8) is 0 Å². The normalized spacial score (nSPS) is 19.6. The molecule has 2 rings (SSSR count). The molecule has 1 fully saturated rings. The van der Waals surface area contributed by atoms with E-state index in [4.69, 9.17) is 9.84 Å². The van der Waals surface area contributed by atoms with E-state index < -0.39 is 5.97 Å².